The summed E-state index contributed by atoms with van der Waals surface area (Å²) in [6.45, 7) is 3.78. The lowest BCUT2D eigenvalue weighted by molar-refractivity contribution is 0.0548. The number of amides is 2. The molecule has 1 aliphatic heterocycles. The lowest BCUT2D eigenvalue weighted by atomic mass is 10.2. The maximum absolute atomic E-state index is 12.6. The molecule has 1 saturated heterocycles. The van der Waals surface area contributed by atoms with Crippen LogP contribution in [0.25, 0.3) is 0 Å². The number of rotatable bonds is 4. The summed E-state index contributed by atoms with van der Waals surface area (Å²) in [6.07, 6.45) is 0.797. The molecule has 2 rings (SSSR count). The molecule has 1 heterocycles. The van der Waals surface area contributed by atoms with Crippen LogP contribution in [0, 0.1) is 0 Å². The molecule has 2 N–H and O–H groups in total. The molecule has 5 heteroatoms. The van der Waals surface area contributed by atoms with Crippen molar-refractivity contribution in [3.05, 3.63) is 30.3 Å². The molecule has 1 aromatic carbocycles. The quantitative estimate of drug-likeness (QED) is 0.890. The number of morpholine rings is 1. The van der Waals surface area contributed by atoms with E-state index in [4.69, 9.17) is 10.5 Å². The Balaban J connectivity index is 2.10. The van der Waals surface area contributed by atoms with Crippen molar-refractivity contribution in [1.29, 1.82) is 0 Å². The van der Waals surface area contributed by atoms with Gasteiger partial charge in [-0.2, -0.15) is 0 Å². The Hall–Kier alpha value is -1.59. The SMILES string of the molecule is NCCCN(C(=O)N1CCOCC1)c1ccccc1. The van der Waals surface area contributed by atoms with Crippen molar-refractivity contribution in [2.24, 2.45) is 5.73 Å². The molecule has 19 heavy (non-hydrogen) atoms. The minimum atomic E-state index is 0.0444. The third kappa shape index (κ3) is 3.68. The summed E-state index contributed by atoms with van der Waals surface area (Å²) in [5.74, 6) is 0. The monoisotopic (exact) mass is 263 g/mol. The van der Waals surface area contributed by atoms with Crippen LogP contribution in [-0.4, -0.2) is 50.3 Å². The van der Waals surface area contributed by atoms with Crippen LogP contribution in [0.1, 0.15) is 6.42 Å². The average molecular weight is 263 g/mol. The van der Waals surface area contributed by atoms with Crippen LogP contribution in [0.5, 0.6) is 0 Å². The lowest BCUT2D eigenvalue weighted by Crippen LogP contribution is -2.48. The van der Waals surface area contributed by atoms with Gasteiger partial charge in [-0.1, -0.05) is 18.2 Å². The highest BCUT2D eigenvalue weighted by atomic mass is 16.5. The van der Waals surface area contributed by atoms with Gasteiger partial charge < -0.3 is 15.4 Å². The van der Waals surface area contributed by atoms with E-state index in [0.717, 1.165) is 12.1 Å². The van der Waals surface area contributed by atoms with Gasteiger partial charge >= 0.3 is 6.03 Å². The average Bonchev–Trinajstić information content (AvgIpc) is 2.49. The first kappa shape index (κ1) is 13.8. The zero-order valence-corrected chi connectivity index (χ0v) is 11.1. The van der Waals surface area contributed by atoms with Crippen molar-refractivity contribution in [2.45, 2.75) is 6.42 Å². The first-order valence-electron chi connectivity index (χ1n) is 6.72. The van der Waals surface area contributed by atoms with E-state index < -0.39 is 0 Å². The third-order valence-electron chi connectivity index (χ3n) is 3.17. The summed E-state index contributed by atoms with van der Waals surface area (Å²) in [6, 6.07) is 9.78. The molecule has 0 aliphatic carbocycles. The number of benzene rings is 1. The van der Waals surface area contributed by atoms with Crippen LogP contribution in [-0.2, 0) is 4.74 Å². The topological polar surface area (TPSA) is 58.8 Å². The minimum absolute atomic E-state index is 0.0444. The predicted molar refractivity (Wildman–Crippen MR) is 75.2 cm³/mol. The Kier molecular flexibility index (Phi) is 5.18. The molecule has 0 saturated carbocycles. The summed E-state index contributed by atoms with van der Waals surface area (Å²) in [7, 11) is 0. The Labute approximate surface area is 113 Å². The molecule has 0 bridgehead atoms. The molecule has 0 aromatic heterocycles. The van der Waals surface area contributed by atoms with Gasteiger partial charge in [-0.05, 0) is 25.1 Å². The van der Waals surface area contributed by atoms with Gasteiger partial charge in [-0.25, -0.2) is 4.79 Å². The van der Waals surface area contributed by atoms with Crippen LogP contribution in [0.4, 0.5) is 10.5 Å². The first-order chi connectivity index (χ1) is 9.33. The van der Waals surface area contributed by atoms with Crippen LogP contribution in [0.3, 0.4) is 0 Å². The molecular formula is C14H21N3O2. The highest BCUT2D eigenvalue weighted by Crippen LogP contribution is 2.16. The van der Waals surface area contributed by atoms with Crippen molar-refractivity contribution in [1.82, 2.24) is 4.90 Å². The third-order valence-corrected chi connectivity index (χ3v) is 3.17. The van der Waals surface area contributed by atoms with Gasteiger partial charge in [-0.15, -0.1) is 0 Å². The second kappa shape index (κ2) is 7.11. The highest BCUT2D eigenvalue weighted by Gasteiger charge is 2.23. The maximum atomic E-state index is 12.6. The largest absolute Gasteiger partial charge is 0.378 e. The standard InChI is InChI=1S/C14H21N3O2/c15-7-4-8-17(13-5-2-1-3-6-13)14(18)16-9-11-19-12-10-16/h1-3,5-6H,4,7-12,15H2. The normalized spacial score (nSPS) is 15.3. The fourth-order valence-corrected chi connectivity index (χ4v) is 2.12. The van der Waals surface area contributed by atoms with E-state index in [-0.39, 0.29) is 6.03 Å². The number of carbonyl (C=O) groups is 1. The van der Waals surface area contributed by atoms with Crippen LogP contribution in [0.15, 0.2) is 30.3 Å². The van der Waals surface area contributed by atoms with Gasteiger partial charge in [0.25, 0.3) is 0 Å². The molecule has 1 aliphatic rings. The van der Waals surface area contributed by atoms with Gasteiger partial charge in [0.05, 0.1) is 13.2 Å². The number of ether oxygens (including phenoxy) is 1. The first-order valence-corrected chi connectivity index (χ1v) is 6.72. The van der Waals surface area contributed by atoms with Gasteiger partial charge in [0.1, 0.15) is 0 Å². The van der Waals surface area contributed by atoms with E-state index in [1.807, 2.05) is 35.2 Å². The Morgan fingerprint density at radius 1 is 1.26 bits per heavy atom. The van der Waals surface area contributed by atoms with E-state index >= 15 is 0 Å². The van der Waals surface area contributed by atoms with Crippen molar-refractivity contribution in [2.75, 3.05) is 44.3 Å². The number of hydrogen-bond acceptors (Lipinski definition) is 3. The predicted octanol–water partition coefficient (Wildman–Crippen LogP) is 1.29. The van der Waals surface area contributed by atoms with E-state index in [0.29, 0.717) is 39.4 Å². The van der Waals surface area contributed by atoms with Gasteiger partial charge in [0.15, 0.2) is 0 Å². The fraction of sp³-hybridized carbons (Fsp3) is 0.500. The van der Waals surface area contributed by atoms with Crippen molar-refractivity contribution in [3.63, 3.8) is 0 Å². The second-order valence-corrected chi connectivity index (χ2v) is 4.51. The van der Waals surface area contributed by atoms with Gasteiger partial charge in [0, 0.05) is 25.3 Å². The lowest BCUT2D eigenvalue weighted by Gasteiger charge is -2.33. The van der Waals surface area contributed by atoms with Crippen LogP contribution in [0.2, 0.25) is 0 Å². The summed E-state index contributed by atoms with van der Waals surface area (Å²) in [4.78, 5) is 16.2. The molecule has 0 atom stereocenters. The smallest absolute Gasteiger partial charge is 0.324 e. The summed E-state index contributed by atoms with van der Waals surface area (Å²) in [5.41, 5.74) is 6.49. The number of para-hydroxylation sites is 1. The summed E-state index contributed by atoms with van der Waals surface area (Å²) < 4.78 is 5.28. The van der Waals surface area contributed by atoms with Crippen LogP contribution < -0.4 is 10.6 Å². The van der Waals surface area contributed by atoms with Crippen LogP contribution >= 0.6 is 0 Å². The molecule has 0 unspecified atom stereocenters. The number of nitrogens with zero attached hydrogens (tertiary/aromatic N) is 2. The molecule has 5 nitrogen and oxygen atoms in total. The molecule has 104 valence electrons. The van der Waals surface area contributed by atoms with Gasteiger partial charge in [0.2, 0.25) is 0 Å². The minimum Gasteiger partial charge on any atom is -0.378 e. The number of nitrogens with two attached hydrogens (primary N) is 1. The molecule has 1 aromatic rings. The number of anilines is 1. The fourth-order valence-electron chi connectivity index (χ4n) is 2.12. The molecule has 1 fully saturated rings. The molecule has 0 spiro atoms. The number of urea groups is 1. The zero-order valence-electron chi connectivity index (χ0n) is 11.1. The van der Waals surface area contributed by atoms with E-state index in [1.165, 1.54) is 0 Å². The van der Waals surface area contributed by atoms with E-state index in [1.54, 1.807) is 4.90 Å². The van der Waals surface area contributed by atoms with E-state index in [9.17, 15) is 4.79 Å². The number of carbonyl (C=O) groups excluding carboxylic acids is 1. The second-order valence-electron chi connectivity index (χ2n) is 4.51. The van der Waals surface area contributed by atoms with E-state index in [2.05, 4.69) is 0 Å². The maximum Gasteiger partial charge on any atom is 0.324 e. The Morgan fingerprint density at radius 2 is 1.95 bits per heavy atom. The zero-order chi connectivity index (χ0) is 13.5. The van der Waals surface area contributed by atoms with Crippen molar-refractivity contribution >= 4 is 11.7 Å². The molecular weight excluding hydrogens is 242 g/mol. The molecule has 2 amide bonds. The molecule has 0 radical (unpaired) electrons. The van der Waals surface area contributed by atoms with Crippen molar-refractivity contribution < 1.29 is 9.53 Å². The highest BCUT2D eigenvalue weighted by molar-refractivity contribution is 5.92. The summed E-state index contributed by atoms with van der Waals surface area (Å²) in [5, 5.41) is 0. The van der Waals surface area contributed by atoms with Crippen molar-refractivity contribution in [3.8, 4) is 0 Å². The summed E-state index contributed by atoms with van der Waals surface area (Å²) >= 11 is 0. The van der Waals surface area contributed by atoms with Gasteiger partial charge in [-0.3, -0.25) is 4.90 Å². The Bertz CT molecular complexity index is 391. The Morgan fingerprint density at radius 3 is 2.58 bits per heavy atom. The number of hydrogen-bond donors (Lipinski definition) is 1.